The zero-order valence-electron chi connectivity index (χ0n) is 25.1. The van der Waals surface area contributed by atoms with E-state index in [1.807, 2.05) is 0 Å². The van der Waals surface area contributed by atoms with Gasteiger partial charge in [-0.15, -0.1) is 4.99 Å². The second-order valence-corrected chi connectivity index (χ2v) is 11.8. The minimum Gasteiger partial charge on any atom is -0.468 e. The number of isocyanates is 1. The van der Waals surface area contributed by atoms with Crippen LogP contribution in [0.5, 0.6) is 0 Å². The molecule has 2 aromatic heterocycles. The highest BCUT2D eigenvalue weighted by Gasteiger charge is 2.30. The minimum absolute atomic E-state index is 0.0569. The lowest BCUT2D eigenvalue weighted by molar-refractivity contribution is -0.138. The lowest BCUT2D eigenvalue weighted by Crippen LogP contribution is -2.36. The van der Waals surface area contributed by atoms with Gasteiger partial charge in [0.05, 0.1) is 29.3 Å². The third kappa shape index (κ3) is 6.39. The van der Waals surface area contributed by atoms with Crippen LogP contribution in [0.15, 0.2) is 98.8 Å². The number of aliphatic imine (C=N–C) groups is 1. The van der Waals surface area contributed by atoms with Gasteiger partial charge in [-0.05, 0) is 42.8 Å². The number of rotatable bonds is 10. The molecule has 2 heterocycles. The molecule has 3 aromatic carbocycles. The third-order valence-electron chi connectivity index (χ3n) is 7.09. The van der Waals surface area contributed by atoms with Gasteiger partial charge in [-0.3, -0.25) is 18.9 Å². The molecule has 0 unspecified atom stereocenters. The topological polar surface area (TPSA) is 162 Å². The maximum atomic E-state index is 14.1. The molecular weight excluding hydrogens is 612 g/mol. The molecule has 0 atom stereocenters. The van der Waals surface area contributed by atoms with Crippen molar-refractivity contribution in [3.63, 3.8) is 0 Å². The molecule has 0 fully saturated rings. The molecule has 0 spiro atoms. The Morgan fingerprint density at radius 2 is 1.83 bits per heavy atom. The van der Waals surface area contributed by atoms with Gasteiger partial charge in [-0.1, -0.05) is 47.6 Å². The highest BCUT2D eigenvalue weighted by molar-refractivity contribution is 7.93. The van der Waals surface area contributed by atoms with E-state index in [0.717, 1.165) is 9.87 Å². The molecule has 46 heavy (non-hydrogen) atoms. The molecule has 0 saturated heterocycles. The van der Waals surface area contributed by atoms with Crippen molar-refractivity contribution in [3.8, 4) is 0 Å². The van der Waals surface area contributed by atoms with Gasteiger partial charge in [0.1, 0.15) is 23.7 Å². The second kappa shape index (κ2) is 13.5. The van der Waals surface area contributed by atoms with Gasteiger partial charge in [0.2, 0.25) is 11.9 Å². The lowest BCUT2D eigenvalue weighted by atomic mass is 10.1. The summed E-state index contributed by atoms with van der Waals surface area (Å²) in [6, 6.07) is 19.6. The monoisotopic (exact) mass is 640 g/mol. The summed E-state index contributed by atoms with van der Waals surface area (Å²) in [6.45, 7) is 1.43. The zero-order chi connectivity index (χ0) is 32.8. The van der Waals surface area contributed by atoms with Crippen molar-refractivity contribution < 1.29 is 27.6 Å². The first-order chi connectivity index (χ1) is 22.2. The van der Waals surface area contributed by atoms with Crippen LogP contribution in [-0.4, -0.2) is 61.1 Å². The summed E-state index contributed by atoms with van der Waals surface area (Å²) in [5.41, 5.74) is 2.29. The fraction of sp³-hybridized carbons (Fsp3) is 0.188. The van der Waals surface area contributed by atoms with Gasteiger partial charge in [-0.25, -0.2) is 18.2 Å². The van der Waals surface area contributed by atoms with E-state index < -0.39 is 22.5 Å². The van der Waals surface area contributed by atoms with Crippen molar-refractivity contribution in [1.29, 1.82) is 0 Å². The largest absolute Gasteiger partial charge is 0.468 e. The van der Waals surface area contributed by atoms with E-state index in [1.54, 1.807) is 68.6 Å². The second-order valence-electron chi connectivity index (χ2n) is 9.92. The number of amidine groups is 1. The Hall–Kier alpha value is -5.72. The Labute approximate surface area is 263 Å². The molecule has 0 aliphatic carbocycles. The summed E-state index contributed by atoms with van der Waals surface area (Å²) in [4.78, 5) is 53.9. The molecule has 0 aliphatic heterocycles. The molecular formula is C32H28N6O7S. The van der Waals surface area contributed by atoms with E-state index in [2.05, 4.69) is 20.1 Å². The number of benzene rings is 3. The number of hydrogen-bond acceptors (Lipinski definition) is 10. The smallest absolute Gasteiger partial charge is 0.326 e. The van der Waals surface area contributed by atoms with E-state index in [4.69, 9.17) is 9.57 Å². The Morgan fingerprint density at radius 1 is 1.07 bits per heavy atom. The average molecular weight is 641 g/mol. The number of fused-ring (bicyclic) bond motifs is 2. The van der Waals surface area contributed by atoms with Gasteiger partial charge >= 0.3 is 5.97 Å². The molecule has 0 amide bonds. The van der Waals surface area contributed by atoms with E-state index >= 15 is 0 Å². The van der Waals surface area contributed by atoms with E-state index in [0.29, 0.717) is 28.6 Å². The summed E-state index contributed by atoms with van der Waals surface area (Å²) < 4.78 is 35.4. The Bertz CT molecular complexity index is 2190. The number of hydrogen-bond donors (Lipinski definition) is 0. The van der Waals surface area contributed by atoms with Crippen LogP contribution in [0.4, 0.5) is 5.69 Å². The standard InChI is InChI=1S/C32H28N6O7S/c1-4-45-36-31(34-20-39)23-12-10-21(11-13-23)17-26-32(41)37(2)27-15-14-24(18-25(27)35-26)38(19-29(40)44-3)46(42,43)28-9-5-7-22-8-6-16-33-30(22)28/h5-16,18H,4,17,19H2,1-3H3. The number of aromatic nitrogens is 3. The summed E-state index contributed by atoms with van der Waals surface area (Å²) in [7, 11) is -1.56. The number of para-hydroxylation sites is 1. The van der Waals surface area contributed by atoms with Crippen LogP contribution in [0.3, 0.4) is 0 Å². The van der Waals surface area contributed by atoms with Crippen LogP contribution in [0.1, 0.15) is 23.7 Å². The number of oxime groups is 1. The highest BCUT2D eigenvalue weighted by atomic mass is 32.2. The van der Waals surface area contributed by atoms with Crippen LogP contribution in [0.2, 0.25) is 0 Å². The molecule has 5 rings (SSSR count). The number of esters is 1. The number of aryl methyl sites for hydroxylation is 1. The van der Waals surface area contributed by atoms with Gasteiger partial charge < -0.3 is 14.1 Å². The average Bonchev–Trinajstić information content (AvgIpc) is 3.07. The Kier molecular flexibility index (Phi) is 9.31. The van der Waals surface area contributed by atoms with Crippen molar-refractivity contribution in [2.75, 3.05) is 24.6 Å². The number of anilines is 1. The maximum Gasteiger partial charge on any atom is 0.326 e. The lowest BCUT2D eigenvalue weighted by Gasteiger charge is -2.24. The van der Waals surface area contributed by atoms with E-state index in [9.17, 15) is 22.8 Å². The van der Waals surface area contributed by atoms with Crippen LogP contribution in [-0.2, 0) is 42.7 Å². The first-order valence-corrected chi connectivity index (χ1v) is 15.4. The van der Waals surface area contributed by atoms with Crippen LogP contribution < -0.4 is 9.86 Å². The first-order valence-electron chi connectivity index (χ1n) is 14.0. The SMILES string of the molecule is CCON=C(N=C=O)c1ccc(Cc2nc3cc(N(CC(=O)OC)S(=O)(=O)c4cccc5cccnc45)ccc3n(C)c2=O)cc1. The first kappa shape index (κ1) is 31.7. The summed E-state index contributed by atoms with van der Waals surface area (Å²) >= 11 is 0. The minimum atomic E-state index is -4.33. The van der Waals surface area contributed by atoms with Crippen molar-refractivity contribution in [1.82, 2.24) is 14.5 Å². The van der Waals surface area contributed by atoms with Gasteiger partial charge in [0, 0.05) is 30.6 Å². The third-order valence-corrected chi connectivity index (χ3v) is 8.90. The highest BCUT2D eigenvalue weighted by Crippen LogP contribution is 2.30. The van der Waals surface area contributed by atoms with Crippen molar-refractivity contribution in [2.24, 2.45) is 17.2 Å². The van der Waals surface area contributed by atoms with Gasteiger partial charge in [0.25, 0.3) is 15.6 Å². The van der Waals surface area contributed by atoms with Crippen molar-refractivity contribution in [2.45, 2.75) is 18.2 Å². The molecule has 0 radical (unpaired) electrons. The molecule has 0 N–H and O–H groups in total. The van der Waals surface area contributed by atoms with E-state index in [-0.39, 0.29) is 39.6 Å². The maximum absolute atomic E-state index is 14.1. The Balaban J connectivity index is 1.56. The zero-order valence-corrected chi connectivity index (χ0v) is 25.9. The van der Waals surface area contributed by atoms with E-state index in [1.165, 1.54) is 42.2 Å². The number of nitrogens with zero attached hydrogens (tertiary/aromatic N) is 6. The Morgan fingerprint density at radius 3 is 2.54 bits per heavy atom. The van der Waals surface area contributed by atoms with Crippen LogP contribution in [0.25, 0.3) is 21.9 Å². The summed E-state index contributed by atoms with van der Waals surface area (Å²) in [5.74, 6) is -0.718. The quantitative estimate of drug-likeness (QED) is 0.0731. The molecule has 0 aliphatic rings. The number of pyridine rings is 1. The van der Waals surface area contributed by atoms with Gasteiger partial charge in [0.15, 0.2) is 0 Å². The number of methoxy groups -OCH3 is 1. The fourth-order valence-corrected chi connectivity index (χ4v) is 6.39. The van der Waals surface area contributed by atoms with Crippen molar-refractivity contribution in [3.05, 3.63) is 106 Å². The fourth-order valence-electron chi connectivity index (χ4n) is 4.82. The van der Waals surface area contributed by atoms with Gasteiger partial charge in [-0.2, -0.15) is 0 Å². The van der Waals surface area contributed by atoms with Crippen molar-refractivity contribution >= 4 is 55.5 Å². The predicted molar refractivity (Wildman–Crippen MR) is 171 cm³/mol. The van der Waals surface area contributed by atoms with Crippen LogP contribution >= 0.6 is 0 Å². The molecule has 5 aromatic rings. The predicted octanol–water partition coefficient (Wildman–Crippen LogP) is 3.47. The molecule has 234 valence electrons. The molecule has 13 nitrogen and oxygen atoms in total. The summed E-state index contributed by atoms with van der Waals surface area (Å²) in [6.07, 6.45) is 3.09. The number of carbonyl (C=O) groups is 1. The molecule has 0 bridgehead atoms. The number of carbonyl (C=O) groups excluding carboxylic acids is 2. The molecule has 14 heteroatoms. The normalized spacial score (nSPS) is 11.7. The van der Waals surface area contributed by atoms with Crippen LogP contribution in [0, 0.1) is 0 Å². The molecule has 0 saturated carbocycles. The summed E-state index contributed by atoms with van der Waals surface area (Å²) in [5, 5.41) is 4.43. The number of sulfonamides is 1. The number of ether oxygens (including phenoxy) is 1.